The van der Waals surface area contributed by atoms with Crippen LogP contribution in [0.4, 0.5) is 4.79 Å². The Morgan fingerprint density at radius 1 is 1.58 bits per heavy atom. The summed E-state index contributed by atoms with van der Waals surface area (Å²) in [5.74, 6) is -0.531. The molecule has 3 N–H and O–H groups in total. The van der Waals surface area contributed by atoms with Crippen LogP contribution in [0.2, 0.25) is 0 Å². The number of primary amides is 1. The first-order valence-electron chi connectivity index (χ1n) is 3.26. The van der Waals surface area contributed by atoms with Crippen molar-refractivity contribution in [1.82, 2.24) is 4.90 Å². The fraction of sp³-hybridized carbons (Fsp3) is 0.667. The van der Waals surface area contributed by atoms with Gasteiger partial charge in [0.05, 0.1) is 0 Å². The minimum Gasteiger partial charge on any atom is -0.446 e. The highest BCUT2D eigenvalue weighted by Gasteiger charge is 2.17. The molecule has 0 aliphatic carbocycles. The van der Waals surface area contributed by atoms with Gasteiger partial charge in [-0.3, -0.25) is 4.79 Å². The van der Waals surface area contributed by atoms with E-state index in [9.17, 15) is 9.59 Å². The van der Waals surface area contributed by atoms with E-state index in [4.69, 9.17) is 5.11 Å². The number of carbonyl (C=O) groups excluding carboxylic acids is 2. The molecule has 0 heterocycles. The summed E-state index contributed by atoms with van der Waals surface area (Å²) in [5, 5.41) is 9.01. The number of likely N-dealkylation sites (N-methyl/N-ethyl adjacent to an activating group) is 1. The predicted molar refractivity (Wildman–Crippen MR) is 40.2 cm³/mol. The zero-order chi connectivity index (χ0) is 9.72. The van der Waals surface area contributed by atoms with Crippen LogP contribution in [0, 0.1) is 0 Å². The lowest BCUT2D eigenvalue weighted by molar-refractivity contribution is -0.139. The molecule has 6 heteroatoms. The lowest BCUT2D eigenvalue weighted by Gasteiger charge is -2.14. The summed E-state index contributed by atoms with van der Waals surface area (Å²) >= 11 is 0. The summed E-state index contributed by atoms with van der Waals surface area (Å²) < 4.78 is 4.22. The zero-order valence-electron chi connectivity index (χ0n) is 6.98. The van der Waals surface area contributed by atoms with Crippen molar-refractivity contribution in [2.24, 2.45) is 5.73 Å². The second-order valence-corrected chi connectivity index (χ2v) is 2.38. The maximum atomic E-state index is 10.9. The molecule has 0 aliphatic heterocycles. The quantitative estimate of drug-likeness (QED) is 0.549. The Bertz CT molecular complexity index is 180. The van der Waals surface area contributed by atoms with Crippen molar-refractivity contribution >= 4 is 12.0 Å². The van der Waals surface area contributed by atoms with Gasteiger partial charge >= 0.3 is 6.09 Å². The molecule has 0 fully saturated rings. The van der Waals surface area contributed by atoms with Crippen molar-refractivity contribution in [2.45, 2.75) is 6.10 Å². The molecule has 0 saturated carbocycles. The van der Waals surface area contributed by atoms with Crippen LogP contribution in [-0.2, 0) is 9.53 Å². The minimum absolute atomic E-state index is 0.410. The van der Waals surface area contributed by atoms with Crippen LogP contribution in [-0.4, -0.2) is 48.8 Å². The standard InChI is InChI=1S/C6H12N2O4/c1-8(2)5(10)4(9)3-12-6(7)11/h4,9H,3H2,1-2H3,(H2,7,11). The molecule has 0 aromatic carbocycles. The van der Waals surface area contributed by atoms with Gasteiger partial charge in [-0.1, -0.05) is 0 Å². The van der Waals surface area contributed by atoms with Gasteiger partial charge in [-0.15, -0.1) is 0 Å². The molecule has 0 spiro atoms. The van der Waals surface area contributed by atoms with E-state index >= 15 is 0 Å². The van der Waals surface area contributed by atoms with Gasteiger partial charge in [0.1, 0.15) is 6.61 Å². The minimum atomic E-state index is -1.34. The molecule has 12 heavy (non-hydrogen) atoms. The molecule has 0 rings (SSSR count). The van der Waals surface area contributed by atoms with Gasteiger partial charge in [0.25, 0.3) is 5.91 Å². The van der Waals surface area contributed by atoms with E-state index in [0.717, 1.165) is 0 Å². The third kappa shape index (κ3) is 3.77. The topological polar surface area (TPSA) is 92.9 Å². The number of hydrogen-bond acceptors (Lipinski definition) is 4. The Labute approximate surface area is 69.9 Å². The van der Waals surface area contributed by atoms with Crippen LogP contribution >= 0.6 is 0 Å². The van der Waals surface area contributed by atoms with Crippen molar-refractivity contribution in [2.75, 3.05) is 20.7 Å². The molecule has 6 nitrogen and oxygen atoms in total. The van der Waals surface area contributed by atoms with Gasteiger partial charge in [0.15, 0.2) is 6.10 Å². The first kappa shape index (κ1) is 10.7. The van der Waals surface area contributed by atoms with E-state index in [1.54, 1.807) is 0 Å². The maximum Gasteiger partial charge on any atom is 0.404 e. The summed E-state index contributed by atoms with van der Waals surface area (Å²) in [4.78, 5) is 22.1. The molecular weight excluding hydrogens is 164 g/mol. The highest BCUT2D eigenvalue weighted by Crippen LogP contribution is 1.90. The van der Waals surface area contributed by atoms with Gasteiger partial charge in [0, 0.05) is 14.1 Å². The largest absolute Gasteiger partial charge is 0.446 e. The zero-order valence-corrected chi connectivity index (χ0v) is 6.98. The second-order valence-electron chi connectivity index (χ2n) is 2.38. The molecule has 0 aromatic heterocycles. The first-order chi connectivity index (χ1) is 5.45. The average Bonchev–Trinajstić information content (AvgIpc) is 1.98. The Kier molecular flexibility index (Phi) is 4.06. The molecule has 0 saturated heterocycles. The summed E-state index contributed by atoms with van der Waals surface area (Å²) in [6, 6.07) is 0. The molecule has 0 aromatic rings. The molecule has 1 atom stereocenters. The third-order valence-corrected chi connectivity index (χ3v) is 1.11. The Hall–Kier alpha value is -1.30. The first-order valence-corrected chi connectivity index (χ1v) is 3.26. The summed E-state index contributed by atoms with van der Waals surface area (Å²) in [7, 11) is 2.96. The number of nitrogens with two attached hydrogens (primary N) is 1. The van der Waals surface area contributed by atoms with E-state index in [1.807, 2.05) is 0 Å². The molecule has 70 valence electrons. The molecule has 1 unspecified atom stereocenters. The lowest BCUT2D eigenvalue weighted by atomic mass is 10.3. The summed E-state index contributed by atoms with van der Waals surface area (Å²) in [6.07, 6.45) is -2.35. The number of aliphatic hydroxyl groups is 1. The number of ether oxygens (including phenoxy) is 1. The molecular formula is C6H12N2O4. The van der Waals surface area contributed by atoms with Crippen molar-refractivity contribution in [3.63, 3.8) is 0 Å². The van der Waals surface area contributed by atoms with E-state index in [0.29, 0.717) is 0 Å². The van der Waals surface area contributed by atoms with Gasteiger partial charge in [-0.25, -0.2) is 4.79 Å². The third-order valence-electron chi connectivity index (χ3n) is 1.11. The van der Waals surface area contributed by atoms with E-state index in [1.165, 1.54) is 19.0 Å². The molecule has 0 aliphatic rings. The number of aliphatic hydroxyl groups excluding tert-OH is 1. The van der Waals surface area contributed by atoms with Crippen LogP contribution in [0.3, 0.4) is 0 Å². The van der Waals surface area contributed by atoms with Crippen LogP contribution in [0.15, 0.2) is 0 Å². The Morgan fingerprint density at radius 3 is 2.42 bits per heavy atom. The second kappa shape index (κ2) is 4.55. The number of nitrogens with zero attached hydrogens (tertiary/aromatic N) is 1. The Balaban J connectivity index is 3.79. The SMILES string of the molecule is CN(C)C(=O)C(O)COC(N)=O. The van der Waals surface area contributed by atoms with E-state index in [-0.39, 0.29) is 0 Å². The summed E-state index contributed by atoms with van der Waals surface area (Å²) in [6.45, 7) is -0.410. The monoisotopic (exact) mass is 176 g/mol. The fourth-order valence-electron chi connectivity index (χ4n) is 0.530. The molecule has 0 radical (unpaired) electrons. The van der Waals surface area contributed by atoms with Crippen molar-refractivity contribution in [1.29, 1.82) is 0 Å². The van der Waals surface area contributed by atoms with Gasteiger partial charge in [0.2, 0.25) is 0 Å². The number of carbonyl (C=O) groups is 2. The smallest absolute Gasteiger partial charge is 0.404 e. The van der Waals surface area contributed by atoms with Gasteiger partial charge < -0.3 is 20.5 Å². The molecule has 0 bridgehead atoms. The normalized spacial score (nSPS) is 11.9. The van der Waals surface area contributed by atoms with Gasteiger partial charge in [-0.2, -0.15) is 0 Å². The van der Waals surface area contributed by atoms with Crippen LogP contribution < -0.4 is 5.73 Å². The lowest BCUT2D eigenvalue weighted by Crippen LogP contribution is -2.37. The maximum absolute atomic E-state index is 10.9. The average molecular weight is 176 g/mol. The van der Waals surface area contributed by atoms with Crippen LogP contribution in [0.25, 0.3) is 0 Å². The van der Waals surface area contributed by atoms with Crippen molar-refractivity contribution in [3.05, 3.63) is 0 Å². The van der Waals surface area contributed by atoms with Crippen molar-refractivity contribution < 1.29 is 19.4 Å². The fourth-order valence-corrected chi connectivity index (χ4v) is 0.530. The molecule has 2 amide bonds. The van der Waals surface area contributed by atoms with Gasteiger partial charge in [-0.05, 0) is 0 Å². The highest BCUT2D eigenvalue weighted by atomic mass is 16.6. The van der Waals surface area contributed by atoms with Crippen LogP contribution in [0.5, 0.6) is 0 Å². The highest BCUT2D eigenvalue weighted by molar-refractivity contribution is 5.80. The van der Waals surface area contributed by atoms with E-state index < -0.39 is 24.7 Å². The number of amides is 2. The van der Waals surface area contributed by atoms with Crippen LogP contribution in [0.1, 0.15) is 0 Å². The van der Waals surface area contributed by atoms with Crippen molar-refractivity contribution in [3.8, 4) is 0 Å². The summed E-state index contributed by atoms with van der Waals surface area (Å²) in [5.41, 5.74) is 4.62. The number of rotatable bonds is 3. The van der Waals surface area contributed by atoms with E-state index in [2.05, 4.69) is 10.5 Å². The Morgan fingerprint density at radius 2 is 2.08 bits per heavy atom. The predicted octanol–water partition coefficient (Wildman–Crippen LogP) is -1.47. The number of hydrogen-bond donors (Lipinski definition) is 2.